The van der Waals surface area contributed by atoms with Crippen molar-refractivity contribution in [3.8, 4) is 5.75 Å². The van der Waals surface area contributed by atoms with Gasteiger partial charge in [0.1, 0.15) is 5.75 Å². The molecular formula is C22H25ClN4O5. The van der Waals surface area contributed by atoms with Crippen molar-refractivity contribution in [2.45, 2.75) is 38.3 Å². The lowest BCUT2D eigenvalue weighted by atomic mass is 10.0. The molecule has 3 amide bonds. The van der Waals surface area contributed by atoms with Gasteiger partial charge in [-0.2, -0.15) is 0 Å². The predicted octanol–water partition coefficient (Wildman–Crippen LogP) is 4.22. The lowest BCUT2D eigenvalue weighted by Gasteiger charge is -2.37. The maximum Gasteiger partial charge on any atom is 0.319 e. The number of ether oxygens (including phenoxy) is 1. The SMILES string of the molecule is CC(C)(Oc1ccc(Cl)cc1)C(=O)N1CCC(NC(=O)Nc2ccc([N+](=O)[O-])cc2)CC1. The standard InChI is InChI=1S/C22H25ClN4O5/c1-22(2,32-19-9-3-15(23)4-10-19)20(28)26-13-11-17(12-14-26)25-21(29)24-16-5-7-18(8-6-16)27(30)31/h3-10,17H,11-14H2,1-2H3,(H2,24,25,29). The average molecular weight is 461 g/mol. The minimum Gasteiger partial charge on any atom is -0.478 e. The molecule has 0 atom stereocenters. The van der Waals surface area contributed by atoms with Crippen LogP contribution in [0.5, 0.6) is 5.75 Å². The molecule has 2 aromatic rings. The van der Waals surface area contributed by atoms with E-state index in [1.54, 1.807) is 43.0 Å². The molecular weight excluding hydrogens is 436 g/mol. The number of nitrogens with zero attached hydrogens (tertiary/aromatic N) is 2. The molecule has 0 spiro atoms. The molecule has 1 aliphatic heterocycles. The third-order valence-electron chi connectivity index (χ3n) is 5.16. The molecule has 0 aliphatic carbocycles. The Bertz CT molecular complexity index is 971. The molecule has 0 saturated carbocycles. The Morgan fingerprint density at radius 1 is 1.09 bits per heavy atom. The van der Waals surface area contributed by atoms with Crippen LogP contribution in [0.4, 0.5) is 16.2 Å². The molecule has 0 unspecified atom stereocenters. The van der Waals surface area contributed by atoms with Gasteiger partial charge in [-0.15, -0.1) is 0 Å². The van der Waals surface area contributed by atoms with Crippen molar-refractivity contribution in [3.63, 3.8) is 0 Å². The summed E-state index contributed by atoms with van der Waals surface area (Å²) in [4.78, 5) is 37.1. The minimum absolute atomic E-state index is 0.0454. The molecule has 0 radical (unpaired) electrons. The summed E-state index contributed by atoms with van der Waals surface area (Å²) in [6.45, 7) is 4.45. The number of nitrogens with one attached hydrogen (secondary N) is 2. The van der Waals surface area contributed by atoms with E-state index in [1.807, 2.05) is 0 Å². The lowest BCUT2D eigenvalue weighted by Crippen LogP contribution is -2.54. The van der Waals surface area contributed by atoms with Gasteiger partial charge < -0.3 is 20.3 Å². The summed E-state index contributed by atoms with van der Waals surface area (Å²) >= 11 is 5.89. The number of rotatable bonds is 6. The zero-order valence-corrected chi connectivity index (χ0v) is 18.6. The number of halogens is 1. The summed E-state index contributed by atoms with van der Waals surface area (Å²) in [5, 5.41) is 16.8. The molecule has 1 saturated heterocycles. The fourth-order valence-corrected chi connectivity index (χ4v) is 3.59. The van der Waals surface area contributed by atoms with Gasteiger partial charge >= 0.3 is 6.03 Å². The predicted molar refractivity (Wildman–Crippen MR) is 121 cm³/mol. The number of carbonyl (C=O) groups is 2. The zero-order chi connectivity index (χ0) is 23.3. The summed E-state index contributed by atoms with van der Waals surface area (Å²) in [6, 6.07) is 12.0. The molecule has 2 N–H and O–H groups in total. The van der Waals surface area contributed by atoms with Crippen molar-refractivity contribution >= 4 is 34.9 Å². The van der Waals surface area contributed by atoms with Gasteiger partial charge in [0.2, 0.25) is 0 Å². The Morgan fingerprint density at radius 3 is 2.25 bits per heavy atom. The van der Waals surface area contributed by atoms with Gasteiger partial charge in [-0.3, -0.25) is 14.9 Å². The van der Waals surface area contributed by atoms with E-state index in [2.05, 4.69) is 10.6 Å². The summed E-state index contributed by atoms with van der Waals surface area (Å²) < 4.78 is 5.88. The number of nitro benzene ring substituents is 1. The number of carbonyl (C=O) groups excluding carboxylic acids is 2. The van der Waals surface area contributed by atoms with E-state index in [0.717, 1.165) is 0 Å². The number of amides is 3. The van der Waals surface area contributed by atoms with Crippen LogP contribution in [0.25, 0.3) is 0 Å². The van der Waals surface area contributed by atoms with Crippen molar-refractivity contribution < 1.29 is 19.2 Å². The number of piperidine rings is 1. The Kier molecular flexibility index (Phi) is 7.19. The van der Waals surface area contributed by atoms with Crippen molar-refractivity contribution in [2.75, 3.05) is 18.4 Å². The van der Waals surface area contributed by atoms with E-state index >= 15 is 0 Å². The van der Waals surface area contributed by atoms with E-state index in [-0.39, 0.29) is 17.6 Å². The van der Waals surface area contributed by atoms with Crippen LogP contribution in [0.3, 0.4) is 0 Å². The molecule has 1 aliphatic rings. The summed E-state index contributed by atoms with van der Waals surface area (Å²) in [5.74, 6) is 0.438. The summed E-state index contributed by atoms with van der Waals surface area (Å²) in [7, 11) is 0. The van der Waals surface area contributed by atoms with Crippen molar-refractivity contribution in [1.29, 1.82) is 0 Å². The number of hydrogen-bond acceptors (Lipinski definition) is 5. The van der Waals surface area contributed by atoms with Gasteiger partial charge in [0.25, 0.3) is 11.6 Å². The number of hydrogen-bond donors (Lipinski definition) is 2. The second-order valence-corrected chi connectivity index (χ2v) is 8.47. The van der Waals surface area contributed by atoms with Gasteiger partial charge in [0.15, 0.2) is 5.60 Å². The monoisotopic (exact) mass is 460 g/mol. The molecule has 2 aromatic carbocycles. The fraction of sp³-hybridized carbons (Fsp3) is 0.364. The van der Waals surface area contributed by atoms with Crippen LogP contribution in [0.2, 0.25) is 5.02 Å². The quantitative estimate of drug-likeness (QED) is 0.495. The number of likely N-dealkylation sites (tertiary alicyclic amines) is 1. The Labute approximate surface area is 190 Å². The van der Waals surface area contributed by atoms with E-state index < -0.39 is 16.6 Å². The molecule has 1 heterocycles. The first-order valence-electron chi connectivity index (χ1n) is 10.2. The van der Waals surface area contributed by atoms with Crippen molar-refractivity contribution in [2.24, 2.45) is 0 Å². The molecule has 9 nitrogen and oxygen atoms in total. The van der Waals surface area contributed by atoms with Crippen LogP contribution in [0, 0.1) is 10.1 Å². The van der Waals surface area contributed by atoms with E-state index in [1.165, 1.54) is 24.3 Å². The molecule has 170 valence electrons. The largest absolute Gasteiger partial charge is 0.478 e. The maximum atomic E-state index is 13.0. The lowest BCUT2D eigenvalue weighted by molar-refractivity contribution is -0.384. The second kappa shape index (κ2) is 9.86. The number of urea groups is 1. The van der Waals surface area contributed by atoms with E-state index in [9.17, 15) is 19.7 Å². The molecule has 3 rings (SSSR count). The highest BCUT2D eigenvalue weighted by Crippen LogP contribution is 2.24. The van der Waals surface area contributed by atoms with E-state index in [4.69, 9.17) is 16.3 Å². The Balaban J connectivity index is 1.47. The normalized spacial score (nSPS) is 14.5. The highest BCUT2D eigenvalue weighted by Gasteiger charge is 2.36. The number of anilines is 1. The second-order valence-electron chi connectivity index (χ2n) is 8.04. The third kappa shape index (κ3) is 6.10. The molecule has 10 heteroatoms. The van der Waals surface area contributed by atoms with Gasteiger partial charge in [0, 0.05) is 42.0 Å². The van der Waals surface area contributed by atoms with Crippen LogP contribution in [0.1, 0.15) is 26.7 Å². The van der Waals surface area contributed by atoms with Gasteiger partial charge in [-0.25, -0.2) is 4.79 Å². The fourth-order valence-electron chi connectivity index (χ4n) is 3.47. The van der Waals surface area contributed by atoms with Crippen molar-refractivity contribution in [3.05, 3.63) is 63.7 Å². The third-order valence-corrected chi connectivity index (χ3v) is 5.41. The first-order chi connectivity index (χ1) is 15.1. The Morgan fingerprint density at radius 2 is 1.69 bits per heavy atom. The van der Waals surface area contributed by atoms with Gasteiger partial charge in [-0.05, 0) is 63.1 Å². The molecule has 0 aromatic heterocycles. The van der Waals surface area contributed by atoms with Crippen LogP contribution >= 0.6 is 11.6 Å². The number of non-ortho nitro benzene ring substituents is 1. The highest BCUT2D eigenvalue weighted by atomic mass is 35.5. The van der Waals surface area contributed by atoms with Gasteiger partial charge in [-0.1, -0.05) is 11.6 Å². The molecule has 0 bridgehead atoms. The summed E-state index contributed by atoms with van der Waals surface area (Å²) in [6.07, 6.45) is 1.22. The average Bonchev–Trinajstić information content (AvgIpc) is 2.75. The number of nitro groups is 1. The van der Waals surface area contributed by atoms with Crippen LogP contribution in [-0.2, 0) is 4.79 Å². The molecule has 32 heavy (non-hydrogen) atoms. The van der Waals surface area contributed by atoms with Crippen LogP contribution < -0.4 is 15.4 Å². The summed E-state index contributed by atoms with van der Waals surface area (Å²) in [5.41, 5.74) is -0.626. The van der Waals surface area contributed by atoms with Crippen LogP contribution in [-0.4, -0.2) is 46.5 Å². The minimum atomic E-state index is -1.04. The van der Waals surface area contributed by atoms with Crippen LogP contribution in [0.15, 0.2) is 48.5 Å². The Hall–Kier alpha value is -3.33. The van der Waals surface area contributed by atoms with Crippen molar-refractivity contribution in [1.82, 2.24) is 10.2 Å². The number of benzene rings is 2. The molecule has 1 fully saturated rings. The zero-order valence-electron chi connectivity index (χ0n) is 17.8. The highest BCUT2D eigenvalue weighted by molar-refractivity contribution is 6.30. The first kappa shape index (κ1) is 23.3. The first-order valence-corrected chi connectivity index (χ1v) is 10.6. The van der Waals surface area contributed by atoms with Gasteiger partial charge in [0.05, 0.1) is 4.92 Å². The maximum absolute atomic E-state index is 13.0. The smallest absolute Gasteiger partial charge is 0.319 e. The topological polar surface area (TPSA) is 114 Å². The van der Waals surface area contributed by atoms with E-state index in [0.29, 0.717) is 42.4 Å².